The Kier molecular flexibility index (Phi) is 8.62. The standard InChI is InChI=1S/C51H43N/c1-2-11-37-51(36-10-1,42-18-4-3-5-19-42)43-28-34-46(35-29-43)52(44-30-24-40(25-31-44)49-22-12-16-38-14-6-8-20-47(38)49)45-32-26-41(27-33-45)50-23-13-17-39-15-7-9-21-48(39)50/h3-9,12-35H,1-2,10-11,36-37H2. The molecule has 1 saturated carbocycles. The number of rotatable bonds is 7. The van der Waals surface area contributed by atoms with Crippen LogP contribution in [0.4, 0.5) is 17.1 Å². The summed E-state index contributed by atoms with van der Waals surface area (Å²) >= 11 is 0. The van der Waals surface area contributed by atoms with E-state index in [9.17, 15) is 0 Å². The van der Waals surface area contributed by atoms with Gasteiger partial charge >= 0.3 is 0 Å². The van der Waals surface area contributed by atoms with Gasteiger partial charge in [0.1, 0.15) is 0 Å². The summed E-state index contributed by atoms with van der Waals surface area (Å²) < 4.78 is 0. The molecule has 0 saturated heterocycles. The summed E-state index contributed by atoms with van der Waals surface area (Å²) in [6, 6.07) is 69.5. The van der Waals surface area contributed by atoms with Crippen LogP contribution in [0, 0.1) is 0 Å². The van der Waals surface area contributed by atoms with Crippen molar-refractivity contribution in [2.75, 3.05) is 4.90 Å². The van der Waals surface area contributed by atoms with E-state index >= 15 is 0 Å². The van der Waals surface area contributed by atoms with Crippen molar-refractivity contribution in [3.63, 3.8) is 0 Å². The molecule has 0 aliphatic heterocycles. The van der Waals surface area contributed by atoms with Crippen molar-refractivity contribution in [2.45, 2.75) is 43.9 Å². The second kappa shape index (κ2) is 14.0. The summed E-state index contributed by atoms with van der Waals surface area (Å²) in [4.78, 5) is 2.41. The minimum Gasteiger partial charge on any atom is -0.311 e. The Morgan fingerprint density at radius 3 is 1.23 bits per heavy atom. The number of anilines is 3. The first-order valence-corrected chi connectivity index (χ1v) is 18.9. The Morgan fingerprint density at radius 2 is 0.731 bits per heavy atom. The Labute approximate surface area is 307 Å². The Morgan fingerprint density at radius 1 is 0.327 bits per heavy atom. The van der Waals surface area contributed by atoms with Crippen LogP contribution in [0.15, 0.2) is 188 Å². The van der Waals surface area contributed by atoms with Gasteiger partial charge in [0, 0.05) is 22.5 Å². The van der Waals surface area contributed by atoms with Gasteiger partial charge in [0.25, 0.3) is 0 Å². The van der Waals surface area contributed by atoms with E-state index in [0.29, 0.717) is 0 Å². The van der Waals surface area contributed by atoms with Gasteiger partial charge in [-0.3, -0.25) is 0 Å². The van der Waals surface area contributed by atoms with Crippen molar-refractivity contribution in [3.05, 3.63) is 199 Å². The van der Waals surface area contributed by atoms with E-state index in [-0.39, 0.29) is 5.41 Å². The lowest BCUT2D eigenvalue weighted by atomic mass is 9.69. The number of fused-ring (bicyclic) bond motifs is 2. The molecule has 0 radical (unpaired) electrons. The maximum atomic E-state index is 2.41. The van der Waals surface area contributed by atoms with E-state index in [4.69, 9.17) is 0 Å². The fourth-order valence-electron chi connectivity index (χ4n) is 8.74. The first kappa shape index (κ1) is 32.0. The predicted molar refractivity (Wildman–Crippen MR) is 222 cm³/mol. The normalized spacial score (nSPS) is 14.2. The quantitative estimate of drug-likeness (QED) is 0.153. The van der Waals surface area contributed by atoms with Crippen molar-refractivity contribution in [3.8, 4) is 22.3 Å². The van der Waals surface area contributed by atoms with Gasteiger partial charge in [-0.05, 0) is 104 Å². The highest BCUT2D eigenvalue weighted by atomic mass is 15.1. The summed E-state index contributed by atoms with van der Waals surface area (Å²) in [7, 11) is 0. The molecule has 0 bridgehead atoms. The molecule has 0 unspecified atom stereocenters. The van der Waals surface area contributed by atoms with Gasteiger partial charge < -0.3 is 4.90 Å². The Bertz CT molecular complexity index is 2300. The van der Waals surface area contributed by atoms with Crippen molar-refractivity contribution in [1.29, 1.82) is 0 Å². The van der Waals surface area contributed by atoms with E-state index in [1.165, 1.54) is 93.5 Å². The molecule has 0 heterocycles. The topological polar surface area (TPSA) is 3.24 Å². The fraction of sp³-hybridized carbons (Fsp3) is 0.137. The van der Waals surface area contributed by atoms with Gasteiger partial charge in [0.15, 0.2) is 0 Å². The number of hydrogen-bond donors (Lipinski definition) is 0. The van der Waals surface area contributed by atoms with Crippen LogP contribution in [-0.4, -0.2) is 0 Å². The molecule has 0 amide bonds. The highest BCUT2D eigenvalue weighted by Crippen LogP contribution is 2.45. The van der Waals surface area contributed by atoms with Crippen LogP contribution >= 0.6 is 0 Å². The van der Waals surface area contributed by atoms with Gasteiger partial charge in [-0.25, -0.2) is 0 Å². The lowest BCUT2D eigenvalue weighted by Gasteiger charge is -2.35. The number of benzene rings is 8. The van der Waals surface area contributed by atoms with E-state index in [0.717, 1.165) is 17.1 Å². The molecule has 0 spiro atoms. The molecule has 8 aromatic carbocycles. The van der Waals surface area contributed by atoms with Crippen molar-refractivity contribution < 1.29 is 0 Å². The minimum absolute atomic E-state index is 0.0569. The zero-order chi connectivity index (χ0) is 34.7. The van der Waals surface area contributed by atoms with Gasteiger partial charge in [-0.1, -0.05) is 177 Å². The monoisotopic (exact) mass is 669 g/mol. The molecule has 0 N–H and O–H groups in total. The van der Waals surface area contributed by atoms with Gasteiger partial charge in [-0.2, -0.15) is 0 Å². The molecule has 0 atom stereocenters. The van der Waals surface area contributed by atoms with Crippen molar-refractivity contribution in [1.82, 2.24) is 0 Å². The molecule has 1 fully saturated rings. The Hall–Kier alpha value is -5.92. The maximum absolute atomic E-state index is 2.41. The molecule has 252 valence electrons. The molecular weight excluding hydrogens is 627 g/mol. The zero-order valence-electron chi connectivity index (χ0n) is 29.6. The molecule has 0 aromatic heterocycles. The summed E-state index contributed by atoms with van der Waals surface area (Å²) in [6.07, 6.45) is 7.59. The summed E-state index contributed by atoms with van der Waals surface area (Å²) in [5.74, 6) is 0. The van der Waals surface area contributed by atoms with Gasteiger partial charge in [0.05, 0.1) is 0 Å². The summed E-state index contributed by atoms with van der Waals surface area (Å²) in [5.41, 5.74) is 11.3. The first-order chi connectivity index (χ1) is 25.8. The number of hydrogen-bond acceptors (Lipinski definition) is 1. The molecule has 1 aliphatic carbocycles. The molecular formula is C51H43N. The average Bonchev–Trinajstić information content (AvgIpc) is 3.49. The summed E-state index contributed by atoms with van der Waals surface area (Å²) in [6.45, 7) is 0. The smallest absolute Gasteiger partial charge is 0.0462 e. The van der Waals surface area contributed by atoms with Gasteiger partial charge in [0.2, 0.25) is 0 Å². The third-order valence-electron chi connectivity index (χ3n) is 11.4. The maximum Gasteiger partial charge on any atom is 0.0462 e. The van der Waals surface area contributed by atoms with Crippen LogP contribution < -0.4 is 4.90 Å². The average molecular weight is 670 g/mol. The van der Waals surface area contributed by atoms with Crippen LogP contribution in [0.3, 0.4) is 0 Å². The van der Waals surface area contributed by atoms with E-state index in [1.54, 1.807) is 0 Å². The van der Waals surface area contributed by atoms with Crippen LogP contribution in [-0.2, 0) is 5.41 Å². The molecule has 9 rings (SSSR count). The van der Waals surface area contributed by atoms with Crippen LogP contribution in [0.2, 0.25) is 0 Å². The molecule has 8 aromatic rings. The lowest BCUT2D eigenvalue weighted by Crippen LogP contribution is -2.27. The Balaban J connectivity index is 1.13. The summed E-state index contributed by atoms with van der Waals surface area (Å²) in [5, 5.41) is 5.08. The highest BCUT2D eigenvalue weighted by molar-refractivity contribution is 5.98. The van der Waals surface area contributed by atoms with Crippen molar-refractivity contribution in [2.24, 2.45) is 0 Å². The molecule has 1 aliphatic rings. The van der Waals surface area contributed by atoms with Crippen molar-refractivity contribution >= 4 is 38.6 Å². The lowest BCUT2D eigenvalue weighted by molar-refractivity contribution is 0.446. The highest BCUT2D eigenvalue weighted by Gasteiger charge is 2.34. The van der Waals surface area contributed by atoms with Crippen LogP contribution in [0.25, 0.3) is 43.8 Å². The van der Waals surface area contributed by atoms with Gasteiger partial charge in [-0.15, -0.1) is 0 Å². The largest absolute Gasteiger partial charge is 0.311 e. The third-order valence-corrected chi connectivity index (χ3v) is 11.4. The molecule has 1 nitrogen and oxygen atoms in total. The predicted octanol–water partition coefficient (Wildman–Crippen LogP) is 14.4. The second-order valence-electron chi connectivity index (χ2n) is 14.4. The first-order valence-electron chi connectivity index (χ1n) is 18.9. The van der Waals surface area contributed by atoms with Crippen LogP contribution in [0.1, 0.15) is 49.7 Å². The minimum atomic E-state index is 0.0569. The zero-order valence-corrected chi connectivity index (χ0v) is 29.6. The van der Waals surface area contributed by atoms with E-state index < -0.39 is 0 Å². The van der Waals surface area contributed by atoms with E-state index in [1.807, 2.05) is 0 Å². The SMILES string of the molecule is c1ccc(C2(c3ccc(N(c4ccc(-c5cccc6ccccc56)cc4)c4ccc(-c5cccc6ccccc56)cc4)cc3)CCCCCC2)cc1. The fourth-order valence-corrected chi connectivity index (χ4v) is 8.74. The second-order valence-corrected chi connectivity index (χ2v) is 14.4. The number of nitrogens with zero attached hydrogens (tertiary/aromatic N) is 1. The van der Waals surface area contributed by atoms with E-state index in [2.05, 4.69) is 193 Å². The third kappa shape index (κ3) is 5.97. The molecule has 1 heteroatoms. The van der Waals surface area contributed by atoms with Crippen LogP contribution in [0.5, 0.6) is 0 Å². The molecule has 52 heavy (non-hydrogen) atoms.